The van der Waals surface area contributed by atoms with Gasteiger partial charge in [-0.15, -0.1) is 0 Å². The van der Waals surface area contributed by atoms with E-state index < -0.39 is 0 Å². The van der Waals surface area contributed by atoms with Crippen LogP contribution >= 0.6 is 15.9 Å². The molecule has 3 heteroatoms. The minimum Gasteiger partial charge on any atom is -0.496 e. The minimum absolute atomic E-state index is 0.823. The van der Waals surface area contributed by atoms with Gasteiger partial charge in [-0.3, -0.25) is 0 Å². The number of methoxy groups -OCH3 is 1. The number of benzene rings is 1. The van der Waals surface area contributed by atoms with E-state index in [-0.39, 0.29) is 0 Å². The van der Waals surface area contributed by atoms with Crippen molar-refractivity contribution in [3.05, 3.63) is 27.7 Å². The van der Waals surface area contributed by atoms with Gasteiger partial charge in [0.25, 0.3) is 0 Å². The van der Waals surface area contributed by atoms with Crippen LogP contribution in [0.15, 0.2) is 16.6 Å². The van der Waals surface area contributed by atoms with Crippen LogP contribution in [0.1, 0.15) is 11.1 Å². The van der Waals surface area contributed by atoms with Crippen LogP contribution in [0.5, 0.6) is 5.75 Å². The molecular formula is C10H14BrNO. The molecule has 0 unspecified atom stereocenters. The zero-order chi connectivity index (χ0) is 9.84. The van der Waals surface area contributed by atoms with Crippen LogP contribution in [0.4, 0.5) is 0 Å². The normalized spacial score (nSPS) is 10.2. The Hall–Kier alpha value is -0.540. The van der Waals surface area contributed by atoms with Gasteiger partial charge in [-0.05, 0) is 31.7 Å². The number of aryl methyl sites for hydroxylation is 1. The van der Waals surface area contributed by atoms with Gasteiger partial charge in [-0.2, -0.15) is 0 Å². The van der Waals surface area contributed by atoms with E-state index in [9.17, 15) is 0 Å². The molecule has 1 aromatic rings. The van der Waals surface area contributed by atoms with Crippen LogP contribution in [0.25, 0.3) is 0 Å². The van der Waals surface area contributed by atoms with Crippen molar-refractivity contribution in [2.45, 2.75) is 13.5 Å². The predicted octanol–water partition coefficient (Wildman–Crippen LogP) is 2.49. The molecule has 1 aromatic carbocycles. The number of ether oxygens (including phenoxy) is 1. The lowest BCUT2D eigenvalue weighted by Crippen LogP contribution is -2.07. The summed E-state index contributed by atoms with van der Waals surface area (Å²) in [5.41, 5.74) is 2.33. The SMILES string of the molecule is CNCc1cc(Br)cc(C)c1OC. The maximum absolute atomic E-state index is 5.32. The van der Waals surface area contributed by atoms with Crippen molar-refractivity contribution >= 4 is 15.9 Å². The smallest absolute Gasteiger partial charge is 0.126 e. The molecule has 13 heavy (non-hydrogen) atoms. The summed E-state index contributed by atoms with van der Waals surface area (Å²) in [5.74, 6) is 0.970. The highest BCUT2D eigenvalue weighted by atomic mass is 79.9. The summed E-state index contributed by atoms with van der Waals surface area (Å²) >= 11 is 3.46. The molecule has 0 radical (unpaired) electrons. The molecule has 0 atom stereocenters. The van der Waals surface area contributed by atoms with E-state index in [4.69, 9.17) is 4.74 Å². The van der Waals surface area contributed by atoms with Crippen LogP contribution in [0, 0.1) is 6.92 Å². The van der Waals surface area contributed by atoms with Crippen molar-refractivity contribution in [1.82, 2.24) is 5.32 Å². The molecule has 72 valence electrons. The van der Waals surface area contributed by atoms with Gasteiger partial charge in [0.1, 0.15) is 5.75 Å². The Kier molecular flexibility index (Phi) is 3.75. The summed E-state index contributed by atoms with van der Waals surface area (Å²) in [6.45, 7) is 2.87. The standard InChI is InChI=1S/C10H14BrNO/c1-7-4-9(11)5-8(6-12-2)10(7)13-3/h4-5,12H,6H2,1-3H3. The van der Waals surface area contributed by atoms with Crippen LogP contribution < -0.4 is 10.1 Å². The third kappa shape index (κ3) is 2.45. The minimum atomic E-state index is 0.823. The fourth-order valence-electron chi connectivity index (χ4n) is 1.41. The highest BCUT2D eigenvalue weighted by Gasteiger charge is 2.06. The van der Waals surface area contributed by atoms with Gasteiger partial charge in [-0.25, -0.2) is 0 Å². The first-order valence-corrected chi connectivity index (χ1v) is 4.96. The summed E-state index contributed by atoms with van der Waals surface area (Å²) in [5, 5.41) is 3.11. The maximum atomic E-state index is 5.32. The molecule has 0 spiro atoms. The Balaban J connectivity index is 3.13. The molecule has 0 fully saturated rings. The van der Waals surface area contributed by atoms with E-state index in [0.717, 1.165) is 22.3 Å². The van der Waals surface area contributed by atoms with Crippen molar-refractivity contribution in [1.29, 1.82) is 0 Å². The van der Waals surface area contributed by atoms with Gasteiger partial charge >= 0.3 is 0 Å². The first kappa shape index (κ1) is 10.5. The Morgan fingerprint density at radius 1 is 1.46 bits per heavy atom. The predicted molar refractivity (Wildman–Crippen MR) is 58.2 cm³/mol. The number of rotatable bonds is 3. The Bertz CT molecular complexity index is 299. The molecule has 0 saturated heterocycles. The third-order valence-electron chi connectivity index (χ3n) is 1.89. The van der Waals surface area contributed by atoms with Gasteiger partial charge < -0.3 is 10.1 Å². The lowest BCUT2D eigenvalue weighted by molar-refractivity contribution is 0.405. The van der Waals surface area contributed by atoms with Gasteiger partial charge in [0, 0.05) is 16.6 Å². The molecule has 0 aliphatic carbocycles. The van der Waals surface area contributed by atoms with Crippen molar-refractivity contribution in [3.8, 4) is 5.75 Å². The number of nitrogens with one attached hydrogen (secondary N) is 1. The number of hydrogen-bond donors (Lipinski definition) is 1. The monoisotopic (exact) mass is 243 g/mol. The summed E-state index contributed by atoms with van der Waals surface area (Å²) in [4.78, 5) is 0. The average Bonchev–Trinajstić information content (AvgIpc) is 2.04. The zero-order valence-corrected chi connectivity index (χ0v) is 9.73. The van der Waals surface area contributed by atoms with Gasteiger partial charge in [0.2, 0.25) is 0 Å². The fraction of sp³-hybridized carbons (Fsp3) is 0.400. The highest BCUT2D eigenvalue weighted by molar-refractivity contribution is 9.10. The zero-order valence-electron chi connectivity index (χ0n) is 8.15. The first-order valence-electron chi connectivity index (χ1n) is 4.16. The quantitative estimate of drug-likeness (QED) is 0.881. The molecule has 1 N–H and O–H groups in total. The molecule has 0 heterocycles. The molecule has 0 bridgehead atoms. The summed E-state index contributed by atoms with van der Waals surface area (Å²) in [6, 6.07) is 4.13. The van der Waals surface area contributed by atoms with Crippen LogP contribution in [-0.2, 0) is 6.54 Å². The van der Waals surface area contributed by atoms with E-state index in [1.807, 2.05) is 14.0 Å². The van der Waals surface area contributed by atoms with Gasteiger partial charge in [0.15, 0.2) is 0 Å². The second-order valence-electron chi connectivity index (χ2n) is 2.95. The first-order chi connectivity index (χ1) is 6.19. The summed E-state index contributed by atoms with van der Waals surface area (Å²) < 4.78 is 6.42. The maximum Gasteiger partial charge on any atom is 0.126 e. The van der Waals surface area contributed by atoms with E-state index in [1.165, 1.54) is 5.56 Å². The second-order valence-corrected chi connectivity index (χ2v) is 3.86. The van der Waals surface area contributed by atoms with E-state index in [2.05, 4.69) is 33.4 Å². The third-order valence-corrected chi connectivity index (χ3v) is 2.35. The van der Waals surface area contributed by atoms with Crippen molar-refractivity contribution in [3.63, 3.8) is 0 Å². The highest BCUT2D eigenvalue weighted by Crippen LogP contribution is 2.27. The van der Waals surface area contributed by atoms with E-state index >= 15 is 0 Å². The van der Waals surface area contributed by atoms with Crippen molar-refractivity contribution in [2.75, 3.05) is 14.2 Å². The molecule has 0 aliphatic heterocycles. The van der Waals surface area contributed by atoms with Gasteiger partial charge in [-0.1, -0.05) is 15.9 Å². The average molecular weight is 244 g/mol. The Morgan fingerprint density at radius 3 is 2.69 bits per heavy atom. The molecular weight excluding hydrogens is 230 g/mol. The van der Waals surface area contributed by atoms with E-state index in [1.54, 1.807) is 7.11 Å². The topological polar surface area (TPSA) is 21.3 Å². The van der Waals surface area contributed by atoms with Crippen LogP contribution in [0.3, 0.4) is 0 Å². The molecule has 2 nitrogen and oxygen atoms in total. The molecule has 0 aliphatic rings. The summed E-state index contributed by atoms with van der Waals surface area (Å²) in [7, 11) is 3.63. The fourth-order valence-corrected chi connectivity index (χ4v) is 2.03. The molecule has 0 amide bonds. The number of halogens is 1. The Morgan fingerprint density at radius 2 is 2.15 bits per heavy atom. The van der Waals surface area contributed by atoms with Gasteiger partial charge in [0.05, 0.1) is 7.11 Å². The van der Waals surface area contributed by atoms with E-state index in [0.29, 0.717) is 0 Å². The van der Waals surface area contributed by atoms with Crippen LogP contribution in [0.2, 0.25) is 0 Å². The largest absolute Gasteiger partial charge is 0.496 e. The lowest BCUT2D eigenvalue weighted by Gasteiger charge is -2.11. The lowest BCUT2D eigenvalue weighted by atomic mass is 10.1. The Labute approximate surface area is 87.4 Å². The second kappa shape index (κ2) is 4.63. The molecule has 1 rings (SSSR count). The summed E-state index contributed by atoms with van der Waals surface area (Å²) in [6.07, 6.45) is 0. The molecule has 0 saturated carbocycles. The molecule has 0 aromatic heterocycles. The number of hydrogen-bond acceptors (Lipinski definition) is 2. The van der Waals surface area contributed by atoms with Crippen LogP contribution in [-0.4, -0.2) is 14.2 Å². The van der Waals surface area contributed by atoms with Crippen molar-refractivity contribution in [2.24, 2.45) is 0 Å². The van der Waals surface area contributed by atoms with Crippen molar-refractivity contribution < 1.29 is 4.74 Å².